The summed E-state index contributed by atoms with van der Waals surface area (Å²) in [6.07, 6.45) is 34.2. The Labute approximate surface area is 254 Å². The highest BCUT2D eigenvalue weighted by Crippen LogP contribution is 2.69. The fourth-order valence-corrected chi connectivity index (χ4v) is 12.8. The third-order valence-electron chi connectivity index (χ3n) is 12.5. The van der Waals surface area contributed by atoms with Crippen molar-refractivity contribution in [3.63, 3.8) is 0 Å². The van der Waals surface area contributed by atoms with Crippen molar-refractivity contribution in [2.75, 3.05) is 13.2 Å². The lowest BCUT2D eigenvalue weighted by atomic mass is 9.51. The maximum Gasteiger partial charge on any atom is 0.183 e. The van der Waals surface area contributed by atoms with Gasteiger partial charge in [0.25, 0.3) is 0 Å². The molecule has 0 aromatic heterocycles. The zero-order valence-electron chi connectivity index (χ0n) is 27.2. The second kappa shape index (κ2) is 12.0. The van der Waals surface area contributed by atoms with Gasteiger partial charge in [0.2, 0.25) is 0 Å². The normalized spacial score (nSPS) is 39.9. The van der Waals surface area contributed by atoms with E-state index < -0.39 is 16.6 Å². The first-order valence-corrected chi connectivity index (χ1v) is 24.4. The molecule has 0 N–H and O–H groups in total. The molecular formula is C37H60O2Si2. The molecule has 0 bridgehead atoms. The van der Waals surface area contributed by atoms with Crippen LogP contribution >= 0.6 is 0 Å². The van der Waals surface area contributed by atoms with Gasteiger partial charge in [0.1, 0.15) is 0 Å². The molecule has 10 atom stereocenters. The van der Waals surface area contributed by atoms with Crippen LogP contribution in [0.25, 0.3) is 0 Å². The fraction of sp³-hybridized carbons (Fsp3) is 0.784. The molecule has 0 aromatic rings. The molecule has 0 aliphatic heterocycles. The zero-order valence-corrected chi connectivity index (χ0v) is 29.2. The summed E-state index contributed by atoms with van der Waals surface area (Å²) in [5.41, 5.74) is 0.268. The first-order valence-electron chi connectivity index (χ1n) is 17.6. The van der Waals surface area contributed by atoms with E-state index in [9.17, 15) is 0 Å². The van der Waals surface area contributed by atoms with Crippen LogP contribution < -0.4 is 0 Å². The van der Waals surface area contributed by atoms with Crippen LogP contribution in [0.1, 0.15) is 64.2 Å². The van der Waals surface area contributed by atoms with Crippen LogP contribution in [0.5, 0.6) is 0 Å². The van der Waals surface area contributed by atoms with E-state index in [4.69, 9.17) is 8.85 Å². The van der Waals surface area contributed by atoms with Crippen molar-refractivity contribution >= 4 is 16.6 Å². The Kier molecular flexibility index (Phi) is 8.89. The molecule has 2 nitrogen and oxygen atoms in total. The van der Waals surface area contributed by atoms with Gasteiger partial charge in [-0.15, -0.1) is 0 Å². The van der Waals surface area contributed by atoms with E-state index in [0.29, 0.717) is 11.8 Å². The Morgan fingerprint density at radius 3 is 1.22 bits per heavy atom. The summed E-state index contributed by atoms with van der Waals surface area (Å²) in [7, 11) is -3.22. The smallest absolute Gasteiger partial charge is 0.183 e. The monoisotopic (exact) mass is 592 g/mol. The molecule has 0 spiro atoms. The summed E-state index contributed by atoms with van der Waals surface area (Å²) >= 11 is 0. The van der Waals surface area contributed by atoms with Gasteiger partial charge in [-0.2, -0.15) is 0 Å². The van der Waals surface area contributed by atoms with Gasteiger partial charge < -0.3 is 8.85 Å². The number of fused-ring (bicyclic) bond motifs is 6. The predicted octanol–water partition coefficient (Wildman–Crippen LogP) is 10.0. The number of rotatable bonds is 10. The van der Waals surface area contributed by atoms with Gasteiger partial charge in [-0.25, -0.2) is 0 Å². The molecule has 4 heteroatoms. The van der Waals surface area contributed by atoms with Gasteiger partial charge in [-0.05, 0) is 142 Å². The molecule has 4 fully saturated rings. The lowest BCUT2D eigenvalue weighted by Gasteiger charge is -2.54. The lowest BCUT2D eigenvalue weighted by molar-refractivity contribution is -0.0568. The number of allylic oxidation sites excluding steroid dienone is 8. The first kappa shape index (κ1) is 30.3. The van der Waals surface area contributed by atoms with Gasteiger partial charge in [0.05, 0.1) is 0 Å². The third kappa shape index (κ3) is 6.03. The first-order chi connectivity index (χ1) is 19.6. The van der Waals surface area contributed by atoms with Crippen molar-refractivity contribution in [2.24, 2.45) is 64.6 Å². The largest absolute Gasteiger partial charge is 0.418 e. The molecule has 228 valence electrons. The summed E-state index contributed by atoms with van der Waals surface area (Å²) < 4.78 is 13.7. The Balaban J connectivity index is 1.48. The van der Waals surface area contributed by atoms with Gasteiger partial charge in [0.15, 0.2) is 16.6 Å². The summed E-state index contributed by atoms with van der Waals surface area (Å²) in [6.45, 7) is 16.2. The molecule has 10 unspecified atom stereocenters. The molecule has 4 saturated carbocycles. The van der Waals surface area contributed by atoms with Crippen LogP contribution in [0, 0.1) is 64.6 Å². The Hall–Kier alpha value is -0.686. The molecular weight excluding hydrogens is 533 g/mol. The molecule has 0 radical (unpaired) electrons. The van der Waals surface area contributed by atoms with E-state index in [1.807, 2.05) is 0 Å². The second-order valence-electron chi connectivity index (χ2n) is 16.8. The van der Waals surface area contributed by atoms with Gasteiger partial charge in [0, 0.05) is 13.2 Å². The van der Waals surface area contributed by atoms with Crippen molar-refractivity contribution in [1.82, 2.24) is 0 Å². The van der Waals surface area contributed by atoms with Crippen LogP contribution in [0.2, 0.25) is 39.3 Å². The van der Waals surface area contributed by atoms with Crippen LogP contribution in [0.15, 0.2) is 48.6 Å². The molecule has 0 saturated heterocycles. The minimum absolute atomic E-state index is 0.268. The average molecular weight is 593 g/mol. The number of hydrogen-bond donors (Lipinski definition) is 0. The minimum atomic E-state index is -1.61. The van der Waals surface area contributed by atoms with E-state index in [1.165, 1.54) is 64.2 Å². The summed E-state index contributed by atoms with van der Waals surface area (Å²) in [5.74, 6) is 7.82. The van der Waals surface area contributed by atoms with E-state index in [0.717, 1.165) is 60.6 Å². The minimum Gasteiger partial charge on any atom is -0.418 e. The van der Waals surface area contributed by atoms with Crippen LogP contribution in [0.3, 0.4) is 0 Å². The van der Waals surface area contributed by atoms with Crippen molar-refractivity contribution in [2.45, 2.75) is 103 Å². The average Bonchev–Trinajstić information content (AvgIpc) is 3.45. The van der Waals surface area contributed by atoms with E-state index in [1.54, 1.807) is 0 Å². The maximum atomic E-state index is 6.84. The van der Waals surface area contributed by atoms with Crippen molar-refractivity contribution in [1.29, 1.82) is 0 Å². The zero-order chi connectivity index (χ0) is 28.8. The van der Waals surface area contributed by atoms with Gasteiger partial charge >= 0.3 is 0 Å². The maximum absolute atomic E-state index is 6.84. The van der Waals surface area contributed by atoms with E-state index in [-0.39, 0.29) is 5.41 Å². The second-order valence-corrected chi connectivity index (χ2v) is 25.8. The van der Waals surface area contributed by atoms with Crippen molar-refractivity contribution in [3.8, 4) is 0 Å². The number of hydrogen-bond acceptors (Lipinski definition) is 2. The molecule has 41 heavy (non-hydrogen) atoms. The molecule has 6 aliphatic carbocycles. The lowest BCUT2D eigenvalue weighted by Crippen LogP contribution is -2.49. The van der Waals surface area contributed by atoms with Gasteiger partial charge in [-0.3, -0.25) is 0 Å². The molecule has 6 rings (SSSR count). The SMILES string of the molecule is C[Si](C)(C)OCCC(CCO[Si](C)(C)C)(C1C2C=CC=CC2C2CCCCC21)C1C2C=CC=CC2C2CCCCC21. The van der Waals surface area contributed by atoms with Crippen LogP contribution in [0.4, 0.5) is 0 Å². The van der Waals surface area contributed by atoms with E-state index >= 15 is 0 Å². The van der Waals surface area contributed by atoms with Crippen molar-refractivity contribution in [3.05, 3.63) is 48.6 Å². The van der Waals surface area contributed by atoms with Crippen LogP contribution in [-0.2, 0) is 8.85 Å². The van der Waals surface area contributed by atoms with Crippen molar-refractivity contribution < 1.29 is 8.85 Å². The highest BCUT2D eigenvalue weighted by atomic mass is 28.4. The Morgan fingerprint density at radius 2 is 0.854 bits per heavy atom. The summed E-state index contributed by atoms with van der Waals surface area (Å²) in [6, 6.07) is 0. The quantitative estimate of drug-likeness (QED) is 0.235. The fourth-order valence-electron chi connectivity index (χ4n) is 11.4. The molecule has 0 amide bonds. The Bertz CT molecular complexity index is 947. The van der Waals surface area contributed by atoms with E-state index in [2.05, 4.69) is 87.9 Å². The highest BCUT2D eigenvalue weighted by molar-refractivity contribution is 6.70. The molecule has 6 aliphatic rings. The highest BCUT2D eigenvalue weighted by Gasteiger charge is 2.64. The molecule has 0 heterocycles. The summed E-state index contributed by atoms with van der Waals surface area (Å²) in [5, 5.41) is 0. The predicted molar refractivity (Wildman–Crippen MR) is 179 cm³/mol. The van der Waals surface area contributed by atoms with Gasteiger partial charge in [-0.1, -0.05) is 74.3 Å². The standard InChI is InChI=1S/C37H60O2Si2/c1-40(2,3)38-25-23-37(24-26-39-41(4,5)6,35-31-19-11-7-15-27(31)28-16-8-12-20-32(28)35)36-33-21-13-9-17-29(33)30-18-10-14-22-34(30)36/h7,9,11,13,15,17,19,21,27-36H,8,10,12,14,16,18,20,22-26H2,1-6H3. The Morgan fingerprint density at radius 1 is 0.512 bits per heavy atom. The van der Waals surface area contributed by atoms with Crippen LogP contribution in [-0.4, -0.2) is 29.8 Å². The molecule has 0 aromatic carbocycles. The summed E-state index contributed by atoms with van der Waals surface area (Å²) in [4.78, 5) is 0. The topological polar surface area (TPSA) is 18.5 Å². The third-order valence-corrected chi connectivity index (χ3v) is 14.6.